The van der Waals surface area contributed by atoms with Crippen LogP contribution in [0.3, 0.4) is 0 Å². The third-order valence-electron chi connectivity index (χ3n) is 5.92. The van der Waals surface area contributed by atoms with Crippen molar-refractivity contribution < 1.29 is 4.79 Å². The van der Waals surface area contributed by atoms with Gasteiger partial charge in [-0.05, 0) is 57.0 Å². The molecule has 0 unspecified atom stereocenters. The molecule has 8 heteroatoms. The summed E-state index contributed by atoms with van der Waals surface area (Å²) >= 11 is 6.20. The first kappa shape index (κ1) is 20.6. The van der Waals surface area contributed by atoms with Crippen molar-refractivity contribution in [3.05, 3.63) is 46.9 Å². The van der Waals surface area contributed by atoms with Gasteiger partial charge in [0.1, 0.15) is 6.07 Å². The maximum Gasteiger partial charge on any atom is 0.259 e. The molecule has 2 fully saturated rings. The maximum absolute atomic E-state index is 13.0. The summed E-state index contributed by atoms with van der Waals surface area (Å²) in [5.74, 6) is 0.0124. The van der Waals surface area contributed by atoms with Crippen molar-refractivity contribution in [1.82, 2.24) is 14.9 Å². The minimum atomic E-state index is -0.287. The number of hydrogen-bond donors (Lipinski definition) is 1. The number of rotatable bonds is 4. The van der Waals surface area contributed by atoms with Gasteiger partial charge >= 0.3 is 0 Å². The van der Waals surface area contributed by atoms with Gasteiger partial charge in [-0.2, -0.15) is 5.26 Å². The van der Waals surface area contributed by atoms with Gasteiger partial charge in [0.05, 0.1) is 18.0 Å². The lowest BCUT2D eigenvalue weighted by Crippen LogP contribution is -2.47. The summed E-state index contributed by atoms with van der Waals surface area (Å²) in [5.41, 5.74) is 1.61. The van der Waals surface area contributed by atoms with E-state index in [0.29, 0.717) is 22.4 Å². The summed E-state index contributed by atoms with van der Waals surface area (Å²) in [7, 11) is 0. The standard InChI is InChI=1S/C22H25ClN6O/c23-16-4-5-20(29-10-6-18(7-11-29)28-8-2-1-3-9-28)19(12-16)22(30)27-21-15-25-17(13-24)14-26-21/h4-5,12,14-15,18H,1-3,6-11H2,(H,26,27,30). The van der Waals surface area contributed by atoms with Crippen LogP contribution in [0.5, 0.6) is 0 Å². The molecule has 30 heavy (non-hydrogen) atoms. The van der Waals surface area contributed by atoms with Gasteiger partial charge in [0.25, 0.3) is 5.91 Å². The van der Waals surface area contributed by atoms with Crippen LogP contribution in [0.1, 0.15) is 48.2 Å². The molecule has 1 aromatic heterocycles. The maximum atomic E-state index is 13.0. The van der Waals surface area contributed by atoms with E-state index in [2.05, 4.69) is 25.1 Å². The Labute approximate surface area is 181 Å². The van der Waals surface area contributed by atoms with Crippen LogP contribution in [0.4, 0.5) is 11.5 Å². The fourth-order valence-electron chi connectivity index (χ4n) is 4.36. The van der Waals surface area contributed by atoms with Crippen LogP contribution in [0, 0.1) is 11.3 Å². The summed E-state index contributed by atoms with van der Waals surface area (Å²) in [4.78, 5) is 25.9. The molecule has 4 rings (SSSR count). The number of halogens is 1. The van der Waals surface area contributed by atoms with E-state index >= 15 is 0 Å². The third-order valence-corrected chi connectivity index (χ3v) is 6.16. The molecule has 0 atom stereocenters. The number of carbonyl (C=O) groups excluding carboxylic acids is 1. The Balaban J connectivity index is 1.46. The van der Waals surface area contributed by atoms with Crippen molar-refractivity contribution in [2.24, 2.45) is 0 Å². The second kappa shape index (κ2) is 9.41. The largest absolute Gasteiger partial charge is 0.371 e. The third kappa shape index (κ3) is 4.72. The monoisotopic (exact) mass is 424 g/mol. The second-order valence-electron chi connectivity index (χ2n) is 7.83. The van der Waals surface area contributed by atoms with Crippen molar-refractivity contribution in [2.45, 2.75) is 38.1 Å². The number of carbonyl (C=O) groups is 1. The minimum absolute atomic E-state index is 0.202. The van der Waals surface area contributed by atoms with E-state index in [1.807, 2.05) is 18.2 Å². The van der Waals surface area contributed by atoms with Crippen LogP contribution in [0.15, 0.2) is 30.6 Å². The topological polar surface area (TPSA) is 85.1 Å². The first-order valence-corrected chi connectivity index (χ1v) is 10.8. The first-order valence-electron chi connectivity index (χ1n) is 10.5. The van der Waals surface area contributed by atoms with E-state index in [1.165, 1.54) is 44.7 Å². The number of hydrogen-bond acceptors (Lipinski definition) is 6. The Hall–Kier alpha value is -2.69. The number of nitrogens with one attached hydrogen (secondary N) is 1. The van der Waals surface area contributed by atoms with Crippen molar-refractivity contribution in [3.63, 3.8) is 0 Å². The molecule has 156 valence electrons. The van der Waals surface area contributed by atoms with Gasteiger partial charge in [-0.25, -0.2) is 9.97 Å². The number of aromatic nitrogens is 2. The van der Waals surface area contributed by atoms with Gasteiger partial charge in [0.2, 0.25) is 0 Å². The van der Waals surface area contributed by atoms with E-state index in [0.717, 1.165) is 31.6 Å². The molecule has 0 aliphatic carbocycles. The number of piperidine rings is 2. The van der Waals surface area contributed by atoms with E-state index in [4.69, 9.17) is 16.9 Å². The predicted octanol–water partition coefficient (Wildman–Crippen LogP) is 3.71. The normalized spacial score (nSPS) is 18.1. The highest BCUT2D eigenvalue weighted by Gasteiger charge is 2.27. The Kier molecular flexibility index (Phi) is 6.46. The van der Waals surface area contributed by atoms with Gasteiger partial charge in [0.15, 0.2) is 11.5 Å². The average molecular weight is 425 g/mol. The first-order chi connectivity index (χ1) is 14.6. The summed E-state index contributed by atoms with van der Waals surface area (Å²) in [6.07, 6.45) is 8.88. The van der Waals surface area contributed by atoms with Gasteiger partial charge in [0, 0.05) is 29.8 Å². The number of amides is 1. The zero-order valence-electron chi connectivity index (χ0n) is 16.9. The highest BCUT2D eigenvalue weighted by atomic mass is 35.5. The second-order valence-corrected chi connectivity index (χ2v) is 8.27. The van der Waals surface area contributed by atoms with Gasteiger partial charge < -0.3 is 15.1 Å². The molecular formula is C22H25ClN6O. The number of nitrogens with zero attached hydrogens (tertiary/aromatic N) is 5. The fourth-order valence-corrected chi connectivity index (χ4v) is 4.53. The predicted molar refractivity (Wildman–Crippen MR) is 117 cm³/mol. The zero-order valence-corrected chi connectivity index (χ0v) is 17.6. The molecule has 0 saturated carbocycles. The Morgan fingerprint density at radius 1 is 1.10 bits per heavy atom. The molecule has 2 saturated heterocycles. The van der Waals surface area contributed by atoms with Crippen molar-refractivity contribution in [2.75, 3.05) is 36.4 Å². The lowest BCUT2D eigenvalue weighted by atomic mass is 9.98. The van der Waals surface area contributed by atoms with E-state index in [1.54, 1.807) is 6.07 Å². The zero-order chi connectivity index (χ0) is 20.9. The van der Waals surface area contributed by atoms with Gasteiger partial charge in [-0.1, -0.05) is 18.0 Å². The number of benzene rings is 1. The molecule has 2 aromatic rings. The van der Waals surface area contributed by atoms with Gasteiger partial charge in [-0.15, -0.1) is 0 Å². The lowest BCUT2D eigenvalue weighted by molar-refractivity contribution is 0.102. The molecule has 1 N–H and O–H groups in total. The van der Waals surface area contributed by atoms with Crippen LogP contribution in [-0.2, 0) is 0 Å². The molecule has 0 spiro atoms. The molecule has 7 nitrogen and oxygen atoms in total. The van der Waals surface area contributed by atoms with Gasteiger partial charge in [-0.3, -0.25) is 4.79 Å². The van der Waals surface area contributed by atoms with Crippen LogP contribution < -0.4 is 10.2 Å². The summed E-state index contributed by atoms with van der Waals surface area (Å²) < 4.78 is 0. The molecule has 0 radical (unpaired) electrons. The van der Waals surface area contributed by atoms with Crippen molar-refractivity contribution in [1.29, 1.82) is 5.26 Å². The number of nitriles is 1. The average Bonchev–Trinajstić information content (AvgIpc) is 2.80. The van der Waals surface area contributed by atoms with Crippen molar-refractivity contribution >= 4 is 29.0 Å². The van der Waals surface area contributed by atoms with E-state index in [9.17, 15) is 4.79 Å². The fraction of sp³-hybridized carbons (Fsp3) is 0.455. The number of anilines is 2. The molecule has 2 aliphatic heterocycles. The smallest absolute Gasteiger partial charge is 0.259 e. The van der Waals surface area contributed by atoms with E-state index < -0.39 is 0 Å². The molecular weight excluding hydrogens is 400 g/mol. The number of likely N-dealkylation sites (tertiary alicyclic amines) is 1. The highest BCUT2D eigenvalue weighted by Crippen LogP contribution is 2.29. The molecule has 2 aliphatic rings. The summed E-state index contributed by atoms with van der Waals surface area (Å²) in [5, 5.41) is 12.1. The Morgan fingerprint density at radius 3 is 2.53 bits per heavy atom. The van der Waals surface area contributed by atoms with Crippen LogP contribution >= 0.6 is 11.6 Å². The summed E-state index contributed by atoms with van der Waals surface area (Å²) in [6, 6.07) is 7.99. The molecule has 1 aromatic carbocycles. The lowest BCUT2D eigenvalue weighted by Gasteiger charge is -2.41. The summed E-state index contributed by atoms with van der Waals surface area (Å²) in [6.45, 7) is 4.26. The quantitative estimate of drug-likeness (QED) is 0.805. The van der Waals surface area contributed by atoms with E-state index in [-0.39, 0.29) is 11.6 Å². The van der Waals surface area contributed by atoms with Crippen LogP contribution in [-0.4, -0.2) is 53.0 Å². The molecule has 1 amide bonds. The Morgan fingerprint density at radius 2 is 1.87 bits per heavy atom. The van der Waals surface area contributed by atoms with Crippen LogP contribution in [0.25, 0.3) is 0 Å². The molecule has 0 bridgehead atoms. The highest BCUT2D eigenvalue weighted by molar-refractivity contribution is 6.31. The molecule has 3 heterocycles. The van der Waals surface area contributed by atoms with Crippen molar-refractivity contribution in [3.8, 4) is 6.07 Å². The Bertz CT molecular complexity index is 928. The SMILES string of the molecule is N#Cc1cnc(NC(=O)c2cc(Cl)ccc2N2CCC(N3CCCCC3)CC2)cn1. The van der Waals surface area contributed by atoms with Crippen LogP contribution in [0.2, 0.25) is 5.02 Å². The minimum Gasteiger partial charge on any atom is -0.371 e.